The van der Waals surface area contributed by atoms with Crippen LogP contribution in [0.1, 0.15) is 24.2 Å². The number of amides is 1. The molecule has 96 valence electrons. The van der Waals surface area contributed by atoms with E-state index in [0.29, 0.717) is 18.7 Å². The van der Waals surface area contributed by atoms with Crippen LogP contribution in [-0.4, -0.2) is 34.8 Å². The van der Waals surface area contributed by atoms with E-state index in [1.807, 2.05) is 13.8 Å². The summed E-state index contributed by atoms with van der Waals surface area (Å²) in [4.78, 5) is 28.5. The Morgan fingerprint density at radius 3 is 2.50 bits per heavy atom. The van der Waals surface area contributed by atoms with Crippen LogP contribution in [0.4, 0.5) is 0 Å². The molecule has 1 aromatic rings. The first-order chi connectivity index (χ1) is 8.62. The van der Waals surface area contributed by atoms with Gasteiger partial charge in [-0.15, -0.1) is 0 Å². The molecule has 1 heterocycles. The van der Waals surface area contributed by atoms with Gasteiger partial charge in [0, 0.05) is 31.4 Å². The molecule has 0 aliphatic carbocycles. The number of pyridine rings is 1. The second-order valence-corrected chi connectivity index (χ2v) is 3.49. The van der Waals surface area contributed by atoms with Crippen LogP contribution in [0, 0.1) is 0 Å². The molecule has 1 amide bonds. The van der Waals surface area contributed by atoms with Gasteiger partial charge in [0.2, 0.25) is 5.88 Å². The van der Waals surface area contributed by atoms with Crippen molar-refractivity contribution in [2.75, 3.05) is 13.1 Å². The normalized spacial score (nSPS) is 9.67. The average Bonchev–Trinajstić information content (AvgIpc) is 2.40. The van der Waals surface area contributed by atoms with Gasteiger partial charge in [0.05, 0.1) is 5.56 Å². The van der Waals surface area contributed by atoms with Crippen molar-refractivity contribution in [1.29, 1.82) is 0 Å². The molecule has 0 spiro atoms. The monoisotopic (exact) mass is 248 g/mol. The van der Waals surface area contributed by atoms with Crippen molar-refractivity contribution in [3.63, 3.8) is 0 Å². The molecule has 0 aliphatic rings. The first-order valence-electron chi connectivity index (χ1n) is 5.71. The first kappa shape index (κ1) is 13.9. The molecule has 5 nitrogen and oxygen atoms in total. The fraction of sp³-hybridized carbons (Fsp3) is 0.308. The molecule has 0 aliphatic heterocycles. The van der Waals surface area contributed by atoms with E-state index in [2.05, 4.69) is 11.6 Å². The lowest BCUT2D eigenvalue weighted by Gasteiger charge is -2.18. The third kappa shape index (κ3) is 3.41. The maximum absolute atomic E-state index is 12.0. The van der Waals surface area contributed by atoms with Gasteiger partial charge in [0.25, 0.3) is 5.91 Å². The SMILES string of the molecule is C=CC(=O)Oc1ccc(C(=O)N(CC)CC)cn1. The molecule has 0 fully saturated rings. The molecule has 0 saturated carbocycles. The lowest BCUT2D eigenvalue weighted by atomic mass is 10.2. The zero-order valence-corrected chi connectivity index (χ0v) is 10.5. The number of nitrogens with zero attached hydrogens (tertiary/aromatic N) is 2. The maximum Gasteiger partial charge on any atom is 0.336 e. The van der Waals surface area contributed by atoms with Crippen LogP contribution in [0.2, 0.25) is 0 Å². The summed E-state index contributed by atoms with van der Waals surface area (Å²) in [6.45, 7) is 8.39. The summed E-state index contributed by atoms with van der Waals surface area (Å²) in [6, 6.07) is 3.07. The minimum Gasteiger partial charge on any atom is -0.404 e. The number of carbonyl (C=O) groups is 2. The molecule has 0 N–H and O–H groups in total. The van der Waals surface area contributed by atoms with Crippen LogP contribution in [-0.2, 0) is 4.79 Å². The summed E-state index contributed by atoms with van der Waals surface area (Å²) >= 11 is 0. The number of esters is 1. The van der Waals surface area contributed by atoms with Gasteiger partial charge in [-0.1, -0.05) is 6.58 Å². The number of carbonyl (C=O) groups excluding carboxylic acids is 2. The summed E-state index contributed by atoms with van der Waals surface area (Å²) in [5.74, 6) is -0.518. The Morgan fingerprint density at radius 1 is 1.39 bits per heavy atom. The van der Waals surface area contributed by atoms with Crippen LogP contribution in [0.15, 0.2) is 31.0 Å². The van der Waals surface area contributed by atoms with Crippen molar-refractivity contribution < 1.29 is 14.3 Å². The molecule has 1 rings (SSSR count). The smallest absolute Gasteiger partial charge is 0.336 e. The molecule has 5 heteroatoms. The highest BCUT2D eigenvalue weighted by atomic mass is 16.5. The minimum atomic E-state index is -0.578. The van der Waals surface area contributed by atoms with Crippen LogP contribution in [0.3, 0.4) is 0 Å². The summed E-state index contributed by atoms with van der Waals surface area (Å²) in [5.41, 5.74) is 0.470. The number of aromatic nitrogens is 1. The van der Waals surface area contributed by atoms with Gasteiger partial charge in [0.1, 0.15) is 0 Å². The molecule has 0 bridgehead atoms. The third-order valence-electron chi connectivity index (χ3n) is 2.41. The Hall–Kier alpha value is -2.17. The van der Waals surface area contributed by atoms with Gasteiger partial charge in [0.15, 0.2) is 0 Å². The highest BCUT2D eigenvalue weighted by Gasteiger charge is 2.13. The van der Waals surface area contributed by atoms with Gasteiger partial charge >= 0.3 is 5.97 Å². The zero-order valence-electron chi connectivity index (χ0n) is 10.5. The summed E-state index contributed by atoms with van der Waals surface area (Å²) in [5, 5.41) is 0. The van der Waals surface area contributed by atoms with Crippen LogP contribution in [0.25, 0.3) is 0 Å². The van der Waals surface area contributed by atoms with Crippen molar-refractivity contribution in [2.24, 2.45) is 0 Å². The lowest BCUT2D eigenvalue weighted by Crippen LogP contribution is -2.30. The number of ether oxygens (including phenoxy) is 1. The summed E-state index contributed by atoms with van der Waals surface area (Å²) < 4.78 is 4.82. The second-order valence-electron chi connectivity index (χ2n) is 3.49. The standard InChI is InChI=1S/C13H16N2O3/c1-4-12(16)18-11-8-7-10(9-14-11)13(17)15(5-2)6-3/h4,7-9H,1,5-6H2,2-3H3. The predicted molar refractivity (Wildman–Crippen MR) is 67.3 cm³/mol. The quantitative estimate of drug-likeness (QED) is 0.587. The molecular weight excluding hydrogens is 232 g/mol. The van der Waals surface area contributed by atoms with Crippen molar-refractivity contribution in [3.05, 3.63) is 36.5 Å². The summed E-state index contributed by atoms with van der Waals surface area (Å²) in [7, 11) is 0. The topological polar surface area (TPSA) is 59.5 Å². The van der Waals surface area contributed by atoms with Crippen LogP contribution in [0.5, 0.6) is 5.88 Å². The van der Waals surface area contributed by atoms with Crippen molar-refractivity contribution in [1.82, 2.24) is 9.88 Å². The van der Waals surface area contributed by atoms with Gasteiger partial charge in [-0.3, -0.25) is 4.79 Å². The molecule has 1 aromatic heterocycles. The van der Waals surface area contributed by atoms with Crippen molar-refractivity contribution in [2.45, 2.75) is 13.8 Å². The van der Waals surface area contributed by atoms with Crippen LogP contribution < -0.4 is 4.74 Å². The number of rotatable bonds is 5. The van der Waals surface area contributed by atoms with Gasteiger partial charge in [-0.05, 0) is 19.9 Å². The lowest BCUT2D eigenvalue weighted by molar-refractivity contribution is -0.129. The summed E-state index contributed by atoms with van der Waals surface area (Å²) in [6.07, 6.45) is 2.45. The number of hydrogen-bond acceptors (Lipinski definition) is 4. The van der Waals surface area contributed by atoms with Gasteiger partial charge < -0.3 is 9.64 Å². The molecular formula is C13H16N2O3. The molecule has 18 heavy (non-hydrogen) atoms. The highest BCUT2D eigenvalue weighted by molar-refractivity contribution is 5.94. The van der Waals surface area contributed by atoms with Crippen LogP contribution >= 0.6 is 0 Å². The minimum absolute atomic E-state index is 0.0888. The van der Waals surface area contributed by atoms with E-state index in [4.69, 9.17) is 4.74 Å². The zero-order chi connectivity index (χ0) is 13.5. The Labute approximate surface area is 106 Å². The average molecular weight is 248 g/mol. The van der Waals surface area contributed by atoms with E-state index in [1.165, 1.54) is 12.3 Å². The van der Waals surface area contributed by atoms with E-state index in [1.54, 1.807) is 11.0 Å². The Morgan fingerprint density at radius 2 is 2.06 bits per heavy atom. The van der Waals surface area contributed by atoms with Crippen molar-refractivity contribution >= 4 is 11.9 Å². The Kier molecular flexibility index (Phi) is 5.05. The third-order valence-corrected chi connectivity index (χ3v) is 2.41. The van der Waals surface area contributed by atoms with E-state index in [0.717, 1.165) is 6.08 Å². The second kappa shape index (κ2) is 6.54. The fourth-order valence-corrected chi connectivity index (χ4v) is 1.41. The fourth-order valence-electron chi connectivity index (χ4n) is 1.41. The largest absolute Gasteiger partial charge is 0.404 e. The van der Waals surface area contributed by atoms with Gasteiger partial charge in [-0.2, -0.15) is 0 Å². The first-order valence-corrected chi connectivity index (χ1v) is 5.71. The van der Waals surface area contributed by atoms with Crippen molar-refractivity contribution in [3.8, 4) is 5.88 Å². The van der Waals surface area contributed by atoms with Gasteiger partial charge in [-0.25, -0.2) is 9.78 Å². The maximum atomic E-state index is 12.0. The molecule has 0 unspecified atom stereocenters. The molecule has 0 radical (unpaired) electrons. The van der Waals surface area contributed by atoms with E-state index in [9.17, 15) is 9.59 Å². The van der Waals surface area contributed by atoms with E-state index < -0.39 is 5.97 Å². The highest BCUT2D eigenvalue weighted by Crippen LogP contribution is 2.10. The molecule has 0 atom stereocenters. The predicted octanol–water partition coefficient (Wildman–Crippen LogP) is 1.66. The molecule has 0 aromatic carbocycles. The number of hydrogen-bond donors (Lipinski definition) is 0. The Balaban J connectivity index is 2.79. The van der Waals surface area contributed by atoms with E-state index >= 15 is 0 Å². The Bertz CT molecular complexity index is 436. The molecule has 0 saturated heterocycles. The van der Waals surface area contributed by atoms with E-state index in [-0.39, 0.29) is 11.8 Å².